The molecule has 0 bridgehead atoms. The van der Waals surface area contributed by atoms with Crippen LogP contribution in [-0.2, 0) is 19.1 Å². The van der Waals surface area contributed by atoms with Crippen LogP contribution in [0.1, 0.15) is 32.3 Å². The molecule has 2 saturated heterocycles. The molecule has 34 heavy (non-hydrogen) atoms. The van der Waals surface area contributed by atoms with Crippen LogP contribution in [0.25, 0.3) is 6.08 Å². The van der Waals surface area contributed by atoms with E-state index in [2.05, 4.69) is 11.7 Å². The van der Waals surface area contributed by atoms with Gasteiger partial charge >= 0.3 is 5.97 Å². The second-order valence-corrected chi connectivity index (χ2v) is 9.36. The first-order chi connectivity index (χ1) is 16.2. The number of amides is 3. The molecular weight excluding hydrogens is 484 g/mol. The van der Waals surface area contributed by atoms with Crippen LogP contribution in [-0.4, -0.2) is 72.8 Å². The molecule has 2 fully saturated rings. The number of thioether (sulfide) groups is 1. The zero-order chi connectivity index (χ0) is 24.8. The molecule has 3 rings (SSSR count). The predicted molar refractivity (Wildman–Crippen MR) is 128 cm³/mol. The number of hydrogen-bond donors (Lipinski definition) is 0. The van der Waals surface area contributed by atoms with E-state index in [-0.39, 0.29) is 40.5 Å². The number of carbonyl (C=O) groups excluding carboxylic acids is 4. The summed E-state index contributed by atoms with van der Waals surface area (Å²) in [6, 6.07) is 3.13. The van der Waals surface area contributed by atoms with Crippen molar-refractivity contribution in [3.05, 3.63) is 27.6 Å². The molecule has 0 radical (unpaired) electrons. The van der Waals surface area contributed by atoms with Gasteiger partial charge in [-0.25, -0.2) is 4.79 Å². The number of rotatable bonds is 8. The van der Waals surface area contributed by atoms with E-state index in [0.717, 1.165) is 29.5 Å². The fraction of sp³-hybridized carbons (Fsp3) is 0.478. The largest absolute Gasteiger partial charge is 0.490 e. The zero-order valence-corrected chi connectivity index (χ0v) is 20.9. The SMILES string of the molecule is CCOc1cc(/C=C2\SC(=O)N(CC(=O)N3CCC(C)CC3)C2=O)cc(Cl)c1OCC(=O)OC. The Morgan fingerprint density at radius 3 is 2.56 bits per heavy atom. The molecule has 184 valence electrons. The van der Waals surface area contributed by atoms with Gasteiger partial charge in [-0.05, 0) is 61.2 Å². The number of piperidine rings is 1. The van der Waals surface area contributed by atoms with E-state index >= 15 is 0 Å². The average Bonchev–Trinajstić information content (AvgIpc) is 3.06. The number of esters is 1. The molecule has 0 aliphatic carbocycles. The van der Waals surface area contributed by atoms with Gasteiger partial charge in [-0.15, -0.1) is 0 Å². The van der Waals surface area contributed by atoms with Crippen LogP contribution in [0, 0.1) is 5.92 Å². The van der Waals surface area contributed by atoms with Gasteiger partial charge in [0.05, 0.1) is 23.6 Å². The number of carbonyl (C=O) groups is 4. The first-order valence-electron chi connectivity index (χ1n) is 10.9. The Morgan fingerprint density at radius 2 is 1.91 bits per heavy atom. The predicted octanol–water partition coefficient (Wildman–Crippen LogP) is 3.59. The second kappa shape index (κ2) is 11.6. The molecule has 2 aliphatic rings. The summed E-state index contributed by atoms with van der Waals surface area (Å²) in [7, 11) is 1.24. The molecule has 1 aromatic carbocycles. The fourth-order valence-electron chi connectivity index (χ4n) is 3.55. The molecule has 3 amide bonds. The van der Waals surface area contributed by atoms with Crippen molar-refractivity contribution in [2.24, 2.45) is 5.92 Å². The molecule has 0 unspecified atom stereocenters. The summed E-state index contributed by atoms with van der Waals surface area (Å²) in [6.45, 7) is 4.87. The summed E-state index contributed by atoms with van der Waals surface area (Å²) in [5, 5.41) is -0.334. The van der Waals surface area contributed by atoms with Crippen LogP contribution in [0.3, 0.4) is 0 Å². The van der Waals surface area contributed by atoms with E-state index in [1.165, 1.54) is 19.3 Å². The highest BCUT2D eigenvalue weighted by atomic mass is 35.5. The standard InChI is InChI=1S/C23H27ClN2O7S/c1-4-32-17-10-15(9-16(24)21(17)33-13-20(28)31-3)11-18-22(29)26(23(30)34-18)12-19(27)25-7-5-14(2)6-8-25/h9-11,14H,4-8,12-13H2,1-3H3/b18-11-. The summed E-state index contributed by atoms with van der Waals surface area (Å²) in [5.41, 5.74) is 0.501. The highest BCUT2D eigenvalue weighted by molar-refractivity contribution is 8.18. The molecular formula is C23H27ClN2O7S. The Bertz CT molecular complexity index is 1010. The van der Waals surface area contributed by atoms with Gasteiger partial charge in [-0.2, -0.15) is 0 Å². The molecule has 0 N–H and O–H groups in total. The Morgan fingerprint density at radius 1 is 1.21 bits per heavy atom. The van der Waals surface area contributed by atoms with Crippen LogP contribution >= 0.6 is 23.4 Å². The van der Waals surface area contributed by atoms with E-state index in [1.54, 1.807) is 17.9 Å². The fourth-order valence-corrected chi connectivity index (χ4v) is 4.66. The number of hydrogen-bond acceptors (Lipinski definition) is 8. The lowest BCUT2D eigenvalue weighted by atomic mass is 9.99. The number of benzene rings is 1. The van der Waals surface area contributed by atoms with Crippen molar-refractivity contribution < 1.29 is 33.4 Å². The topological polar surface area (TPSA) is 102 Å². The normalized spacial score (nSPS) is 17.9. The second-order valence-electron chi connectivity index (χ2n) is 7.96. The number of imide groups is 1. The Balaban J connectivity index is 1.75. The van der Waals surface area contributed by atoms with E-state index < -0.39 is 17.1 Å². The van der Waals surface area contributed by atoms with E-state index in [0.29, 0.717) is 31.2 Å². The minimum absolute atomic E-state index is 0.162. The van der Waals surface area contributed by atoms with Crippen molar-refractivity contribution in [2.45, 2.75) is 26.7 Å². The Kier molecular flexibility index (Phi) is 8.84. The quantitative estimate of drug-likeness (QED) is 0.386. The molecule has 1 aromatic rings. The summed E-state index contributed by atoms with van der Waals surface area (Å²) >= 11 is 7.10. The maximum absolute atomic E-state index is 12.9. The minimum atomic E-state index is -0.579. The molecule has 0 aromatic heterocycles. The van der Waals surface area contributed by atoms with Crippen molar-refractivity contribution in [1.82, 2.24) is 9.80 Å². The van der Waals surface area contributed by atoms with Crippen LogP contribution in [0.15, 0.2) is 17.0 Å². The number of likely N-dealkylation sites (tertiary alicyclic amines) is 1. The zero-order valence-electron chi connectivity index (χ0n) is 19.3. The van der Waals surface area contributed by atoms with E-state index in [1.807, 2.05) is 0 Å². The molecule has 2 heterocycles. The van der Waals surface area contributed by atoms with Crippen LogP contribution < -0.4 is 9.47 Å². The van der Waals surface area contributed by atoms with Gasteiger partial charge in [0.2, 0.25) is 5.91 Å². The number of halogens is 1. The van der Waals surface area contributed by atoms with Crippen molar-refractivity contribution in [1.29, 1.82) is 0 Å². The van der Waals surface area contributed by atoms with E-state index in [4.69, 9.17) is 21.1 Å². The maximum Gasteiger partial charge on any atom is 0.343 e. The molecule has 11 heteroatoms. The lowest BCUT2D eigenvalue weighted by molar-refractivity contribution is -0.143. The van der Waals surface area contributed by atoms with Gasteiger partial charge in [0.1, 0.15) is 6.54 Å². The average molecular weight is 511 g/mol. The van der Waals surface area contributed by atoms with Gasteiger partial charge in [0.15, 0.2) is 18.1 Å². The lowest BCUT2D eigenvalue weighted by Crippen LogP contribution is -2.45. The van der Waals surface area contributed by atoms with Gasteiger partial charge < -0.3 is 19.1 Å². The summed E-state index contributed by atoms with van der Waals surface area (Å²) in [5.74, 6) is -0.336. The lowest BCUT2D eigenvalue weighted by Gasteiger charge is -2.31. The van der Waals surface area contributed by atoms with Gasteiger partial charge in [-0.3, -0.25) is 19.3 Å². The first kappa shape index (κ1) is 25.9. The monoisotopic (exact) mass is 510 g/mol. The van der Waals surface area contributed by atoms with E-state index in [9.17, 15) is 19.2 Å². The van der Waals surface area contributed by atoms with Crippen molar-refractivity contribution >= 4 is 52.5 Å². The Labute approximate surface area is 207 Å². The van der Waals surface area contributed by atoms with Gasteiger partial charge in [0, 0.05) is 13.1 Å². The number of nitrogens with zero attached hydrogens (tertiary/aromatic N) is 2. The first-order valence-corrected chi connectivity index (χ1v) is 12.1. The summed E-state index contributed by atoms with van der Waals surface area (Å²) < 4.78 is 15.6. The third-order valence-electron chi connectivity index (χ3n) is 5.49. The number of methoxy groups -OCH3 is 1. The number of ether oxygens (including phenoxy) is 3. The maximum atomic E-state index is 12.9. The highest BCUT2D eigenvalue weighted by Crippen LogP contribution is 2.39. The third-order valence-corrected chi connectivity index (χ3v) is 6.68. The van der Waals surface area contributed by atoms with Crippen molar-refractivity contribution in [2.75, 3.05) is 40.0 Å². The molecule has 0 spiro atoms. The van der Waals surface area contributed by atoms with Crippen molar-refractivity contribution in [3.8, 4) is 11.5 Å². The minimum Gasteiger partial charge on any atom is -0.490 e. The van der Waals surface area contributed by atoms with Gasteiger partial charge in [-0.1, -0.05) is 18.5 Å². The van der Waals surface area contributed by atoms with Gasteiger partial charge in [0.25, 0.3) is 11.1 Å². The highest BCUT2D eigenvalue weighted by Gasteiger charge is 2.37. The Hall–Kier alpha value is -2.72. The summed E-state index contributed by atoms with van der Waals surface area (Å²) in [6.07, 6.45) is 3.34. The van der Waals surface area contributed by atoms with Crippen LogP contribution in [0.4, 0.5) is 4.79 Å². The molecule has 9 nitrogen and oxygen atoms in total. The smallest absolute Gasteiger partial charge is 0.343 e. The molecule has 2 aliphatic heterocycles. The van der Waals surface area contributed by atoms with Crippen LogP contribution in [0.5, 0.6) is 11.5 Å². The summed E-state index contributed by atoms with van der Waals surface area (Å²) in [4.78, 5) is 52.2. The molecule has 0 saturated carbocycles. The molecule has 0 atom stereocenters. The van der Waals surface area contributed by atoms with Crippen LogP contribution in [0.2, 0.25) is 5.02 Å². The third kappa shape index (κ3) is 6.24. The van der Waals surface area contributed by atoms with Crippen molar-refractivity contribution in [3.63, 3.8) is 0 Å².